The summed E-state index contributed by atoms with van der Waals surface area (Å²) in [5.41, 5.74) is 3.94. The Morgan fingerprint density at radius 2 is 1.79 bits per heavy atom. The summed E-state index contributed by atoms with van der Waals surface area (Å²) < 4.78 is 19.8. The molecule has 3 saturated heterocycles. The highest BCUT2D eigenvalue weighted by atomic mass is 32.2. The number of benzene rings is 3. The number of piperazine rings is 1. The summed E-state index contributed by atoms with van der Waals surface area (Å²) in [7, 11) is 1.70. The van der Waals surface area contributed by atoms with Gasteiger partial charge in [0.15, 0.2) is 0 Å². The highest BCUT2D eigenvalue weighted by molar-refractivity contribution is 7.98. The average molecular weight is 876 g/mol. The molecule has 4 aliphatic rings. The summed E-state index contributed by atoms with van der Waals surface area (Å²) in [4.78, 5) is 54.9. The third-order valence-electron chi connectivity index (χ3n) is 13.0. The number of nitro groups is 1. The Morgan fingerprint density at radius 1 is 0.984 bits per heavy atom. The van der Waals surface area contributed by atoms with Crippen molar-refractivity contribution in [1.29, 1.82) is 0 Å². The molecule has 4 fully saturated rings. The number of carbonyl (C=O) groups is 2. The number of amides is 2. The number of H-pyrrole nitrogens is 1. The number of aromatic amines is 1. The van der Waals surface area contributed by atoms with Gasteiger partial charge in [0.25, 0.3) is 11.6 Å². The number of hydrogen-bond donors (Lipinski definition) is 3. The molecule has 63 heavy (non-hydrogen) atoms. The fourth-order valence-electron chi connectivity index (χ4n) is 9.35. The van der Waals surface area contributed by atoms with Crippen LogP contribution in [0.15, 0.2) is 90.1 Å². The molecule has 3 N–H and O–H groups in total. The Hall–Kier alpha value is -5.88. The zero-order valence-corrected chi connectivity index (χ0v) is 36.2. The number of aromatic nitrogens is 2. The number of ether oxygens (including phenoxy) is 3. The predicted molar refractivity (Wildman–Crippen MR) is 242 cm³/mol. The number of methoxy groups -OCH3 is 1. The first-order valence-corrected chi connectivity index (χ1v) is 22.5. The van der Waals surface area contributed by atoms with Crippen LogP contribution >= 0.6 is 11.9 Å². The van der Waals surface area contributed by atoms with E-state index in [1.54, 1.807) is 36.4 Å². The summed E-state index contributed by atoms with van der Waals surface area (Å²) in [6.07, 6.45) is 8.19. The number of hydrogen-bond acceptors (Lipinski definition) is 13. The van der Waals surface area contributed by atoms with Gasteiger partial charge in [-0.3, -0.25) is 34.2 Å². The van der Waals surface area contributed by atoms with Crippen LogP contribution in [0.1, 0.15) is 41.6 Å². The Bertz CT molecular complexity index is 2420. The highest BCUT2D eigenvalue weighted by Gasteiger charge is 2.48. The smallest absolute Gasteiger partial charge is 0.293 e. The number of rotatable bonds is 15. The van der Waals surface area contributed by atoms with Gasteiger partial charge in [0.1, 0.15) is 35.2 Å². The minimum Gasteiger partial charge on any atom is -0.497 e. The molecule has 3 aliphatic heterocycles. The molecule has 1 aliphatic carbocycles. The third kappa shape index (κ3) is 9.86. The van der Waals surface area contributed by atoms with Gasteiger partial charge in [-0.15, -0.1) is 0 Å². The number of fused-ring (bicyclic) bond motifs is 1. The lowest BCUT2D eigenvalue weighted by Crippen LogP contribution is -2.59. The van der Waals surface area contributed by atoms with Gasteiger partial charge in [0.05, 0.1) is 30.4 Å². The van der Waals surface area contributed by atoms with E-state index < -0.39 is 10.8 Å². The maximum atomic E-state index is 13.9. The Balaban J connectivity index is 0.816. The summed E-state index contributed by atoms with van der Waals surface area (Å²) in [6, 6.07) is 23.3. The second-order valence-corrected chi connectivity index (χ2v) is 17.8. The number of anilines is 2. The third-order valence-corrected chi connectivity index (χ3v) is 13.8. The number of nitrogens with one attached hydrogen (secondary N) is 3. The summed E-state index contributed by atoms with van der Waals surface area (Å²) in [5, 5.41) is 16.0. The Morgan fingerprint density at radius 3 is 2.56 bits per heavy atom. The molecule has 16 nitrogen and oxygen atoms in total. The van der Waals surface area contributed by atoms with Crippen molar-refractivity contribution in [2.45, 2.75) is 43.2 Å². The van der Waals surface area contributed by atoms with E-state index in [1.807, 2.05) is 42.6 Å². The van der Waals surface area contributed by atoms with Gasteiger partial charge >= 0.3 is 0 Å². The lowest BCUT2D eigenvalue weighted by atomic mass is 9.60. The van der Waals surface area contributed by atoms with Gasteiger partial charge in [-0.1, -0.05) is 12.1 Å². The zero-order valence-electron chi connectivity index (χ0n) is 35.4. The number of pyridine rings is 1. The van der Waals surface area contributed by atoms with Crippen molar-refractivity contribution in [3.63, 3.8) is 0 Å². The maximum Gasteiger partial charge on any atom is 0.293 e. The minimum absolute atomic E-state index is 0.0447. The molecular formula is C46H53N9O7S. The van der Waals surface area contributed by atoms with Crippen LogP contribution in [0, 0.1) is 15.5 Å². The Labute approximate surface area is 370 Å². The van der Waals surface area contributed by atoms with Crippen LogP contribution in [0.3, 0.4) is 0 Å². The van der Waals surface area contributed by atoms with E-state index in [9.17, 15) is 19.7 Å². The van der Waals surface area contributed by atoms with Crippen molar-refractivity contribution >= 4 is 51.9 Å². The molecular weight excluding hydrogens is 823 g/mol. The summed E-state index contributed by atoms with van der Waals surface area (Å²) in [6.45, 7) is 8.96. The van der Waals surface area contributed by atoms with Crippen LogP contribution in [0.5, 0.6) is 17.2 Å². The zero-order chi connectivity index (χ0) is 43.3. The molecule has 1 spiro atoms. The number of morpholine rings is 1. The van der Waals surface area contributed by atoms with E-state index in [0.717, 1.165) is 93.1 Å². The van der Waals surface area contributed by atoms with Crippen molar-refractivity contribution in [3.05, 3.63) is 106 Å². The van der Waals surface area contributed by atoms with Crippen molar-refractivity contribution in [2.24, 2.45) is 5.41 Å². The van der Waals surface area contributed by atoms with Crippen LogP contribution in [-0.4, -0.2) is 127 Å². The molecule has 2 aromatic heterocycles. The van der Waals surface area contributed by atoms with E-state index in [0.29, 0.717) is 65.3 Å². The normalized spacial score (nSPS) is 18.3. The molecule has 2 amide bonds. The average Bonchev–Trinajstić information content (AvgIpc) is 3.77. The summed E-state index contributed by atoms with van der Waals surface area (Å²) >= 11 is 0.990. The van der Waals surface area contributed by atoms with Gasteiger partial charge in [-0.25, -0.2) is 4.98 Å². The van der Waals surface area contributed by atoms with Crippen LogP contribution in [-0.2, 0) is 16.1 Å². The molecule has 5 aromatic rings. The second kappa shape index (κ2) is 18.8. The van der Waals surface area contributed by atoms with Gasteiger partial charge in [-0.2, -0.15) is 0 Å². The van der Waals surface area contributed by atoms with E-state index in [1.165, 1.54) is 24.5 Å². The van der Waals surface area contributed by atoms with Crippen molar-refractivity contribution in [3.8, 4) is 17.2 Å². The first-order chi connectivity index (χ1) is 30.7. The topological polar surface area (TPSA) is 171 Å². The van der Waals surface area contributed by atoms with Crippen molar-refractivity contribution < 1.29 is 28.7 Å². The lowest BCUT2D eigenvalue weighted by molar-refractivity contribution is -0.384. The lowest BCUT2D eigenvalue weighted by Gasteiger charge is -2.56. The van der Waals surface area contributed by atoms with Crippen molar-refractivity contribution in [2.75, 3.05) is 89.4 Å². The SMILES string of the molecule is COc1ccc(CN2CCN(C3CC4(CCN(c5ccc(C(=O)NSc6ccc(NCCN7CCOCC7=O)c([N+](=O)[O-])c6)c(Oc6cnc7[nH]ccc7c6)c5)CC4)C3)CC2)cc1. The molecule has 17 heteroatoms. The fraction of sp³-hybridized carbons (Fsp3) is 0.413. The molecule has 0 unspecified atom stereocenters. The van der Waals surface area contributed by atoms with Gasteiger partial charge in [-0.05, 0) is 97.1 Å². The number of nitro benzene ring substituents is 1. The van der Waals surface area contributed by atoms with E-state index in [4.69, 9.17) is 14.2 Å². The second-order valence-electron chi connectivity index (χ2n) is 16.9. The monoisotopic (exact) mass is 875 g/mol. The number of carbonyl (C=O) groups excluding carboxylic acids is 2. The van der Waals surface area contributed by atoms with Crippen LogP contribution < -0.4 is 24.4 Å². The molecule has 3 aromatic carbocycles. The van der Waals surface area contributed by atoms with E-state index >= 15 is 0 Å². The van der Waals surface area contributed by atoms with Gasteiger partial charge in [0.2, 0.25) is 5.91 Å². The van der Waals surface area contributed by atoms with E-state index in [-0.39, 0.29) is 18.2 Å². The first-order valence-electron chi connectivity index (χ1n) is 21.7. The Kier molecular flexibility index (Phi) is 12.7. The molecule has 0 bridgehead atoms. The van der Waals surface area contributed by atoms with Crippen molar-refractivity contribution in [1.82, 2.24) is 29.4 Å². The first kappa shape index (κ1) is 42.4. The number of piperidine rings is 1. The molecule has 0 radical (unpaired) electrons. The van der Waals surface area contributed by atoms with Crippen LogP contribution in [0.4, 0.5) is 17.1 Å². The predicted octanol–water partition coefficient (Wildman–Crippen LogP) is 6.55. The fourth-order valence-corrected chi connectivity index (χ4v) is 9.98. The number of nitrogens with zero attached hydrogens (tertiary/aromatic N) is 6. The summed E-state index contributed by atoms with van der Waals surface area (Å²) in [5.74, 6) is 1.27. The molecule has 330 valence electrons. The largest absolute Gasteiger partial charge is 0.497 e. The van der Waals surface area contributed by atoms with Crippen LogP contribution in [0.2, 0.25) is 0 Å². The van der Waals surface area contributed by atoms with Crippen LogP contribution in [0.25, 0.3) is 11.0 Å². The minimum atomic E-state index is -0.465. The molecule has 9 rings (SSSR count). The van der Waals surface area contributed by atoms with E-state index in [2.05, 4.69) is 46.8 Å². The molecule has 1 saturated carbocycles. The quantitative estimate of drug-likeness (QED) is 0.0589. The standard InChI is InChI=1S/C46H53N9O7S/c1-60-36-5-2-32(3-6-36)30-51-18-20-53(21-19-51)35-27-46(28-35)11-15-52(16-12-46)34-4-8-39(42(25-34)62-37-24-33-10-13-48-44(33)49-29-37)45(57)50-63-38-7-9-40(41(26-38)55(58)59)47-14-17-54-22-23-61-31-43(54)56/h2-10,13,24-26,29,35,47H,11-12,14-23,27-28,30-31H2,1H3,(H,48,49)(H,50,57). The van der Waals surface area contributed by atoms with Gasteiger partial charge in [0, 0.05) is 106 Å². The van der Waals surface area contributed by atoms with Gasteiger partial charge < -0.3 is 34.3 Å². The molecule has 5 heterocycles. The highest BCUT2D eigenvalue weighted by Crippen LogP contribution is 2.51. The maximum absolute atomic E-state index is 13.9. The molecule has 0 atom stereocenters.